The molecule has 0 unspecified atom stereocenters. The van der Waals surface area contributed by atoms with Gasteiger partial charge in [-0.1, -0.05) is 15.9 Å². The number of aryl methyl sites for hydroxylation is 4. The Labute approximate surface area is 133 Å². The summed E-state index contributed by atoms with van der Waals surface area (Å²) in [7, 11) is 0. The van der Waals surface area contributed by atoms with E-state index in [9.17, 15) is 0 Å². The van der Waals surface area contributed by atoms with E-state index in [0.717, 1.165) is 26.9 Å². The maximum atomic E-state index is 7.72. The van der Waals surface area contributed by atoms with E-state index in [1.54, 1.807) is 0 Å². The van der Waals surface area contributed by atoms with Gasteiger partial charge in [0.15, 0.2) is 0 Å². The molecule has 0 bridgehead atoms. The Kier molecular flexibility index (Phi) is 4.32. The van der Waals surface area contributed by atoms with E-state index in [4.69, 9.17) is 15.9 Å². The molecule has 0 aliphatic carbocycles. The van der Waals surface area contributed by atoms with Gasteiger partial charge in [0.05, 0.1) is 5.56 Å². The summed E-state index contributed by atoms with van der Waals surface area (Å²) in [4.78, 5) is 4.38. The second kappa shape index (κ2) is 5.85. The lowest BCUT2D eigenvalue weighted by Gasteiger charge is -2.14. The molecule has 1 heterocycles. The van der Waals surface area contributed by atoms with Crippen LogP contribution in [0.1, 0.15) is 27.9 Å². The lowest BCUT2D eigenvalue weighted by molar-refractivity contribution is 0.459. The van der Waals surface area contributed by atoms with Crippen molar-refractivity contribution in [1.82, 2.24) is 4.98 Å². The highest BCUT2D eigenvalue weighted by molar-refractivity contribution is 9.10. The van der Waals surface area contributed by atoms with E-state index in [1.807, 2.05) is 45.9 Å². The number of rotatable bonds is 3. The summed E-state index contributed by atoms with van der Waals surface area (Å²) in [6.07, 6.45) is 0. The first-order valence-electron chi connectivity index (χ1n) is 6.57. The van der Waals surface area contributed by atoms with Gasteiger partial charge in [-0.2, -0.15) is 0 Å². The average Bonchev–Trinajstić information content (AvgIpc) is 2.34. The molecule has 0 atom stereocenters. The molecule has 0 radical (unpaired) electrons. The highest BCUT2D eigenvalue weighted by Gasteiger charge is 2.14. The highest BCUT2D eigenvalue weighted by atomic mass is 79.9. The minimum atomic E-state index is -0.0412. The lowest BCUT2D eigenvalue weighted by Crippen LogP contribution is -2.15. The molecule has 0 amide bonds. The zero-order chi connectivity index (χ0) is 15.7. The Morgan fingerprint density at radius 2 is 1.67 bits per heavy atom. The van der Waals surface area contributed by atoms with Crippen molar-refractivity contribution in [2.75, 3.05) is 0 Å². The number of amidine groups is 1. The molecule has 0 saturated carbocycles. The van der Waals surface area contributed by atoms with Crippen molar-refractivity contribution >= 4 is 21.8 Å². The molecule has 0 saturated heterocycles. The molecule has 0 aliphatic rings. The molecule has 110 valence electrons. The number of aromatic nitrogens is 1. The lowest BCUT2D eigenvalue weighted by atomic mass is 10.1. The van der Waals surface area contributed by atoms with Gasteiger partial charge in [0, 0.05) is 10.2 Å². The number of nitrogens with zero attached hydrogens (tertiary/aromatic N) is 1. The number of halogens is 1. The van der Waals surface area contributed by atoms with Crippen molar-refractivity contribution in [3.8, 4) is 11.6 Å². The van der Waals surface area contributed by atoms with Gasteiger partial charge >= 0.3 is 0 Å². The van der Waals surface area contributed by atoms with Crippen molar-refractivity contribution in [3.05, 3.63) is 50.6 Å². The van der Waals surface area contributed by atoms with Crippen LogP contribution in [-0.2, 0) is 0 Å². The molecule has 0 aliphatic heterocycles. The molecule has 21 heavy (non-hydrogen) atoms. The van der Waals surface area contributed by atoms with Gasteiger partial charge < -0.3 is 10.5 Å². The van der Waals surface area contributed by atoms with Crippen LogP contribution < -0.4 is 10.5 Å². The van der Waals surface area contributed by atoms with Crippen molar-refractivity contribution < 1.29 is 4.74 Å². The number of nitrogens with one attached hydrogen (secondary N) is 1. The van der Waals surface area contributed by atoms with Crippen LogP contribution in [0.2, 0.25) is 0 Å². The Hall–Kier alpha value is -1.88. The summed E-state index contributed by atoms with van der Waals surface area (Å²) in [5.74, 6) is 1.02. The number of ether oxygens (including phenoxy) is 1. The van der Waals surface area contributed by atoms with Crippen LogP contribution in [0, 0.1) is 33.1 Å². The topological polar surface area (TPSA) is 72.0 Å². The van der Waals surface area contributed by atoms with Crippen LogP contribution in [-0.4, -0.2) is 10.8 Å². The maximum Gasteiger partial charge on any atom is 0.230 e. The largest absolute Gasteiger partial charge is 0.438 e. The first-order chi connectivity index (χ1) is 9.79. The number of nitrogen functional groups attached to an aromatic ring is 1. The van der Waals surface area contributed by atoms with Crippen molar-refractivity contribution in [2.45, 2.75) is 27.7 Å². The molecule has 0 spiro atoms. The number of pyridine rings is 1. The second-order valence-corrected chi connectivity index (χ2v) is 5.94. The number of benzene rings is 1. The van der Waals surface area contributed by atoms with E-state index in [1.165, 1.54) is 0 Å². The second-order valence-electron chi connectivity index (χ2n) is 5.15. The fraction of sp³-hybridized carbons (Fsp3) is 0.250. The van der Waals surface area contributed by atoms with Gasteiger partial charge in [-0.15, -0.1) is 0 Å². The minimum absolute atomic E-state index is 0.0412. The van der Waals surface area contributed by atoms with Gasteiger partial charge in [0.2, 0.25) is 5.88 Å². The maximum absolute atomic E-state index is 7.72. The van der Waals surface area contributed by atoms with Gasteiger partial charge in [-0.3, -0.25) is 5.41 Å². The zero-order valence-corrected chi connectivity index (χ0v) is 14.1. The molecular formula is C16H18BrN3O. The summed E-state index contributed by atoms with van der Waals surface area (Å²) < 4.78 is 6.96. The first-order valence-corrected chi connectivity index (χ1v) is 7.36. The van der Waals surface area contributed by atoms with E-state index in [-0.39, 0.29) is 5.84 Å². The summed E-state index contributed by atoms with van der Waals surface area (Å²) in [5, 5.41) is 7.72. The summed E-state index contributed by atoms with van der Waals surface area (Å²) >= 11 is 3.53. The SMILES string of the molecule is Cc1cc(C)c(C(=N)N)c(Oc2cc(C)c(Br)c(C)c2)n1. The van der Waals surface area contributed by atoms with E-state index < -0.39 is 0 Å². The molecule has 5 heteroatoms. The molecule has 2 aromatic rings. The first kappa shape index (κ1) is 15.5. The molecule has 3 N–H and O–H groups in total. The summed E-state index contributed by atoms with van der Waals surface area (Å²) in [6.45, 7) is 7.80. The standard InChI is InChI=1S/C16H18BrN3O/c1-8-5-11(4)20-16(13(8)15(18)19)21-12-6-9(2)14(17)10(3)7-12/h5-7H,1-4H3,(H3,18,19). The third kappa shape index (κ3) is 3.24. The van der Waals surface area contributed by atoms with Crippen LogP contribution in [0.4, 0.5) is 0 Å². The minimum Gasteiger partial charge on any atom is -0.438 e. The van der Waals surface area contributed by atoms with E-state index >= 15 is 0 Å². The fourth-order valence-electron chi connectivity index (χ4n) is 2.28. The Morgan fingerprint density at radius 3 is 2.19 bits per heavy atom. The molecular weight excluding hydrogens is 330 g/mol. The quantitative estimate of drug-likeness (QED) is 0.646. The third-order valence-electron chi connectivity index (χ3n) is 3.21. The van der Waals surface area contributed by atoms with Gasteiger partial charge in [-0.05, 0) is 62.6 Å². The van der Waals surface area contributed by atoms with Crippen LogP contribution in [0.25, 0.3) is 0 Å². The van der Waals surface area contributed by atoms with Crippen LogP contribution in [0.15, 0.2) is 22.7 Å². The van der Waals surface area contributed by atoms with Crippen molar-refractivity contribution in [3.63, 3.8) is 0 Å². The predicted molar refractivity (Wildman–Crippen MR) is 88.4 cm³/mol. The van der Waals surface area contributed by atoms with Gasteiger partial charge in [-0.25, -0.2) is 4.98 Å². The normalized spacial score (nSPS) is 10.5. The van der Waals surface area contributed by atoms with E-state index in [2.05, 4.69) is 20.9 Å². The van der Waals surface area contributed by atoms with Gasteiger partial charge in [0.25, 0.3) is 0 Å². The zero-order valence-electron chi connectivity index (χ0n) is 12.5. The third-order valence-corrected chi connectivity index (χ3v) is 4.46. The monoisotopic (exact) mass is 347 g/mol. The Bertz CT molecular complexity index is 703. The summed E-state index contributed by atoms with van der Waals surface area (Å²) in [6, 6.07) is 5.75. The molecule has 4 nitrogen and oxygen atoms in total. The van der Waals surface area contributed by atoms with Crippen LogP contribution in [0.3, 0.4) is 0 Å². The Morgan fingerprint density at radius 1 is 1.10 bits per heavy atom. The smallest absolute Gasteiger partial charge is 0.230 e. The number of hydrogen-bond acceptors (Lipinski definition) is 3. The Balaban J connectivity index is 2.51. The molecule has 2 rings (SSSR count). The fourth-order valence-corrected chi connectivity index (χ4v) is 2.51. The van der Waals surface area contributed by atoms with Crippen LogP contribution >= 0.6 is 15.9 Å². The molecule has 1 aromatic carbocycles. The molecule has 0 fully saturated rings. The van der Waals surface area contributed by atoms with E-state index in [0.29, 0.717) is 17.2 Å². The van der Waals surface area contributed by atoms with Crippen LogP contribution in [0.5, 0.6) is 11.6 Å². The predicted octanol–water partition coefficient (Wildman–Crippen LogP) is 4.15. The summed E-state index contributed by atoms with van der Waals surface area (Å²) in [5.41, 5.74) is 10.1. The van der Waals surface area contributed by atoms with Gasteiger partial charge in [0.1, 0.15) is 11.6 Å². The number of nitrogens with two attached hydrogens (primary N) is 1. The highest BCUT2D eigenvalue weighted by Crippen LogP contribution is 2.31. The average molecular weight is 348 g/mol. The van der Waals surface area contributed by atoms with Crippen molar-refractivity contribution in [2.24, 2.45) is 5.73 Å². The molecule has 1 aromatic heterocycles. The number of hydrogen-bond donors (Lipinski definition) is 2. The van der Waals surface area contributed by atoms with Crippen molar-refractivity contribution in [1.29, 1.82) is 5.41 Å².